The molecule has 0 aliphatic carbocycles. The van der Waals surface area contributed by atoms with E-state index in [9.17, 15) is 22.0 Å². The smallest absolute Gasteiger partial charge is 0.214 e. The molecule has 0 aromatic carbocycles. The lowest BCUT2D eigenvalue weighted by molar-refractivity contribution is -0.0914. The molecule has 0 aliphatic rings. The van der Waals surface area contributed by atoms with Crippen molar-refractivity contribution in [1.82, 2.24) is 0 Å². The second-order valence-electron chi connectivity index (χ2n) is 1.48. The zero-order valence-corrected chi connectivity index (χ0v) is 4.49. The van der Waals surface area contributed by atoms with Gasteiger partial charge in [-0.05, 0) is 0 Å². The highest BCUT2D eigenvalue weighted by atomic mass is 19.3. The first kappa shape index (κ1) is 9.14. The lowest BCUT2D eigenvalue weighted by Crippen LogP contribution is -2.38. The molecule has 0 saturated carbocycles. The molecule has 0 aliphatic heterocycles. The maximum atomic E-state index is 11.9. The zero-order valence-electron chi connectivity index (χ0n) is 4.49. The van der Waals surface area contributed by atoms with Crippen LogP contribution in [0.5, 0.6) is 0 Å². The minimum absolute atomic E-state index is 0.211. The standard InChI is InChI=1S/C4H2F5N/c5-2(6)4(9,1-10)3(7)8/h2-3H. The van der Waals surface area contributed by atoms with Crippen LogP contribution in [-0.2, 0) is 0 Å². The number of hydrogen-bond acceptors (Lipinski definition) is 1. The van der Waals surface area contributed by atoms with Gasteiger partial charge in [0.05, 0.1) is 0 Å². The number of nitriles is 1. The second-order valence-corrected chi connectivity index (χ2v) is 1.48. The van der Waals surface area contributed by atoms with Crippen LogP contribution in [0.4, 0.5) is 22.0 Å². The van der Waals surface area contributed by atoms with E-state index in [1.807, 2.05) is 0 Å². The van der Waals surface area contributed by atoms with Gasteiger partial charge in [-0.1, -0.05) is 0 Å². The maximum absolute atomic E-state index is 11.9. The largest absolute Gasteiger partial charge is 0.315 e. The van der Waals surface area contributed by atoms with Gasteiger partial charge in [0.1, 0.15) is 6.07 Å². The van der Waals surface area contributed by atoms with Crippen LogP contribution in [0.15, 0.2) is 0 Å². The second kappa shape index (κ2) is 2.82. The lowest BCUT2D eigenvalue weighted by atomic mass is 10.1. The van der Waals surface area contributed by atoms with Crippen molar-refractivity contribution in [1.29, 1.82) is 5.26 Å². The molecule has 0 amide bonds. The number of rotatable bonds is 2. The van der Waals surface area contributed by atoms with Crippen molar-refractivity contribution in [2.24, 2.45) is 0 Å². The van der Waals surface area contributed by atoms with E-state index in [1.54, 1.807) is 0 Å². The molecule has 0 unspecified atom stereocenters. The van der Waals surface area contributed by atoms with E-state index in [0.717, 1.165) is 0 Å². The van der Waals surface area contributed by atoms with Gasteiger partial charge in [0.2, 0.25) is 0 Å². The summed E-state index contributed by atoms with van der Waals surface area (Å²) in [6, 6.07) is 0.211. The normalized spacial score (nSPS) is 12.2. The van der Waals surface area contributed by atoms with Crippen LogP contribution in [0.25, 0.3) is 0 Å². The fourth-order valence-corrected chi connectivity index (χ4v) is 0.193. The Bertz CT molecular complexity index is 140. The van der Waals surface area contributed by atoms with Crippen molar-refractivity contribution >= 4 is 0 Å². The molecule has 0 aromatic heterocycles. The van der Waals surface area contributed by atoms with Crippen LogP contribution >= 0.6 is 0 Å². The van der Waals surface area contributed by atoms with E-state index in [-0.39, 0.29) is 6.07 Å². The molecule has 10 heavy (non-hydrogen) atoms. The van der Waals surface area contributed by atoms with Gasteiger partial charge in [0.15, 0.2) is 0 Å². The number of nitrogens with zero attached hydrogens (tertiary/aromatic N) is 1. The lowest BCUT2D eigenvalue weighted by Gasteiger charge is -2.13. The van der Waals surface area contributed by atoms with Gasteiger partial charge in [-0.25, -0.2) is 22.0 Å². The molecular weight excluding hydrogens is 157 g/mol. The minimum Gasteiger partial charge on any atom is -0.214 e. The summed E-state index contributed by atoms with van der Waals surface area (Å²) in [5.74, 6) is 0. The van der Waals surface area contributed by atoms with Crippen LogP contribution < -0.4 is 0 Å². The summed E-state index contributed by atoms with van der Waals surface area (Å²) >= 11 is 0. The van der Waals surface area contributed by atoms with E-state index < -0.39 is 18.5 Å². The predicted octanol–water partition coefficient (Wildman–Crippen LogP) is 1.75. The summed E-state index contributed by atoms with van der Waals surface area (Å²) in [6.07, 6.45) is -7.95. The Kier molecular flexibility index (Phi) is 2.57. The maximum Gasteiger partial charge on any atom is 0.315 e. The molecule has 0 rings (SSSR count). The van der Waals surface area contributed by atoms with Crippen molar-refractivity contribution < 1.29 is 22.0 Å². The third-order valence-electron chi connectivity index (χ3n) is 0.807. The Morgan fingerprint density at radius 3 is 1.40 bits per heavy atom. The van der Waals surface area contributed by atoms with Gasteiger partial charge >= 0.3 is 5.67 Å². The SMILES string of the molecule is N#CC(F)(C(F)F)C(F)F. The summed E-state index contributed by atoms with van der Waals surface area (Å²) < 4.78 is 56.9. The molecule has 0 radical (unpaired) electrons. The third-order valence-corrected chi connectivity index (χ3v) is 0.807. The summed E-state index contributed by atoms with van der Waals surface area (Å²) in [6.45, 7) is 0. The van der Waals surface area contributed by atoms with Crippen LogP contribution in [0.1, 0.15) is 0 Å². The Labute approximate surface area is 53.1 Å². The van der Waals surface area contributed by atoms with E-state index in [0.29, 0.717) is 0 Å². The van der Waals surface area contributed by atoms with Gasteiger partial charge < -0.3 is 0 Å². The quantitative estimate of drug-likeness (QED) is 0.563. The summed E-state index contributed by atoms with van der Waals surface area (Å²) in [5, 5.41) is 7.54. The fraction of sp³-hybridized carbons (Fsp3) is 0.750. The number of halogens is 5. The molecule has 0 N–H and O–H groups in total. The highest BCUT2D eigenvalue weighted by molar-refractivity contribution is 5.05. The summed E-state index contributed by atoms with van der Waals surface area (Å²) in [7, 11) is 0. The van der Waals surface area contributed by atoms with E-state index in [1.165, 1.54) is 0 Å². The molecule has 0 heterocycles. The fourth-order valence-electron chi connectivity index (χ4n) is 0.193. The van der Waals surface area contributed by atoms with E-state index in [2.05, 4.69) is 0 Å². The van der Waals surface area contributed by atoms with Crippen molar-refractivity contribution in [3.05, 3.63) is 0 Å². The van der Waals surface area contributed by atoms with Gasteiger partial charge in [0.25, 0.3) is 12.9 Å². The third kappa shape index (κ3) is 1.35. The monoisotopic (exact) mass is 159 g/mol. The summed E-state index contributed by atoms with van der Waals surface area (Å²) in [4.78, 5) is 0. The van der Waals surface area contributed by atoms with Gasteiger partial charge in [-0.2, -0.15) is 5.26 Å². The molecule has 58 valence electrons. The van der Waals surface area contributed by atoms with Crippen LogP contribution in [0, 0.1) is 11.3 Å². The Hall–Kier alpha value is -0.860. The first-order chi connectivity index (χ1) is 4.45. The van der Waals surface area contributed by atoms with Crippen molar-refractivity contribution in [2.45, 2.75) is 18.5 Å². The first-order valence-corrected chi connectivity index (χ1v) is 2.11. The van der Waals surface area contributed by atoms with Crippen molar-refractivity contribution in [3.63, 3.8) is 0 Å². The number of alkyl halides is 5. The topological polar surface area (TPSA) is 23.8 Å². The highest BCUT2D eigenvalue weighted by Gasteiger charge is 2.50. The van der Waals surface area contributed by atoms with Crippen LogP contribution in [0.3, 0.4) is 0 Å². The molecule has 0 fully saturated rings. The molecule has 0 saturated heterocycles. The van der Waals surface area contributed by atoms with Crippen LogP contribution in [0.2, 0.25) is 0 Å². The molecule has 0 aromatic rings. The van der Waals surface area contributed by atoms with E-state index >= 15 is 0 Å². The highest BCUT2D eigenvalue weighted by Crippen LogP contribution is 2.27. The Balaban J connectivity index is 4.43. The molecule has 0 bridgehead atoms. The molecular formula is C4H2F5N. The average Bonchev–Trinajstić information content (AvgIpc) is 1.85. The van der Waals surface area contributed by atoms with Gasteiger partial charge in [-0.15, -0.1) is 0 Å². The molecule has 1 nitrogen and oxygen atoms in total. The van der Waals surface area contributed by atoms with Crippen molar-refractivity contribution in [3.8, 4) is 6.07 Å². The molecule has 6 heteroatoms. The van der Waals surface area contributed by atoms with E-state index in [4.69, 9.17) is 5.26 Å². The summed E-state index contributed by atoms with van der Waals surface area (Å²) in [5.41, 5.74) is -4.32. The molecule has 0 atom stereocenters. The number of hydrogen-bond donors (Lipinski definition) is 0. The first-order valence-electron chi connectivity index (χ1n) is 2.11. The van der Waals surface area contributed by atoms with Gasteiger partial charge in [0, 0.05) is 0 Å². The van der Waals surface area contributed by atoms with Gasteiger partial charge in [-0.3, -0.25) is 0 Å². The zero-order chi connectivity index (χ0) is 8.36. The minimum atomic E-state index is -4.32. The predicted molar refractivity (Wildman–Crippen MR) is 21.5 cm³/mol. The van der Waals surface area contributed by atoms with Crippen LogP contribution in [-0.4, -0.2) is 18.5 Å². The van der Waals surface area contributed by atoms with Crippen molar-refractivity contribution in [2.75, 3.05) is 0 Å². The average molecular weight is 159 g/mol. The Morgan fingerprint density at radius 1 is 1.10 bits per heavy atom. The molecule has 0 spiro atoms. The Morgan fingerprint density at radius 2 is 1.40 bits per heavy atom.